The van der Waals surface area contributed by atoms with Crippen LogP contribution in [-0.2, 0) is 13.2 Å². The number of halogens is 1. The maximum atomic E-state index is 12.9. The molecule has 4 nitrogen and oxygen atoms in total. The molecule has 0 radical (unpaired) electrons. The van der Waals surface area contributed by atoms with Crippen molar-refractivity contribution in [3.63, 3.8) is 0 Å². The highest BCUT2D eigenvalue weighted by atomic mass is 79.9. The van der Waals surface area contributed by atoms with E-state index in [1.165, 1.54) is 5.56 Å². The quantitative estimate of drug-likeness (QED) is 0.425. The van der Waals surface area contributed by atoms with Gasteiger partial charge in [-0.25, -0.2) is 4.98 Å². The van der Waals surface area contributed by atoms with Crippen LogP contribution in [0.25, 0.3) is 0 Å². The lowest BCUT2D eigenvalue weighted by molar-refractivity contribution is 0.0741. The molecule has 1 amide bonds. The van der Waals surface area contributed by atoms with Crippen LogP contribution in [0.5, 0.6) is 5.75 Å². The largest absolute Gasteiger partial charge is 0.486 e. The van der Waals surface area contributed by atoms with E-state index >= 15 is 0 Å². The van der Waals surface area contributed by atoms with Gasteiger partial charge in [0.05, 0.1) is 12.2 Å². The van der Waals surface area contributed by atoms with E-state index in [4.69, 9.17) is 4.74 Å². The monoisotopic (exact) mass is 458 g/mol. The minimum Gasteiger partial charge on any atom is -0.486 e. The van der Waals surface area contributed by atoms with Crippen LogP contribution in [0.15, 0.2) is 58.4 Å². The molecule has 0 fully saturated rings. The fraction of sp³-hybridized carbons (Fsp3) is 0.273. The molecule has 0 atom stereocenters. The lowest BCUT2D eigenvalue weighted by Crippen LogP contribution is -2.31. The molecule has 0 saturated heterocycles. The van der Waals surface area contributed by atoms with Gasteiger partial charge in [-0.1, -0.05) is 41.1 Å². The number of thiazole rings is 1. The van der Waals surface area contributed by atoms with Crippen LogP contribution >= 0.6 is 27.3 Å². The van der Waals surface area contributed by atoms with Crippen molar-refractivity contribution in [3.8, 4) is 5.75 Å². The van der Waals surface area contributed by atoms with Crippen LogP contribution in [0, 0.1) is 6.92 Å². The Morgan fingerprint density at radius 2 is 2.04 bits per heavy atom. The highest BCUT2D eigenvalue weighted by Gasteiger charge is 2.17. The number of carbonyl (C=O) groups is 1. The summed E-state index contributed by atoms with van der Waals surface area (Å²) in [6.07, 6.45) is 0.896. The number of benzene rings is 2. The Kier molecular flexibility index (Phi) is 7.23. The standard InChI is InChI=1S/C22H23BrN2O2S/c1-3-10-25(22(26)17-7-5-8-18(23)12-17)13-19-15-28-21(24-19)14-27-20-9-4-6-16(2)11-20/h4-9,11-12,15H,3,10,13-14H2,1-2H3. The Morgan fingerprint density at radius 3 is 2.79 bits per heavy atom. The number of ether oxygens (including phenoxy) is 1. The Balaban J connectivity index is 1.64. The second kappa shape index (κ2) is 9.85. The number of hydrogen-bond donors (Lipinski definition) is 0. The summed E-state index contributed by atoms with van der Waals surface area (Å²) in [5.74, 6) is 0.864. The number of rotatable bonds is 8. The number of nitrogens with zero attached hydrogens (tertiary/aromatic N) is 2. The van der Waals surface area contributed by atoms with Crippen molar-refractivity contribution < 1.29 is 9.53 Å². The van der Waals surface area contributed by atoms with Crippen LogP contribution < -0.4 is 4.74 Å². The molecule has 2 aromatic carbocycles. The van der Waals surface area contributed by atoms with Gasteiger partial charge in [0.1, 0.15) is 17.4 Å². The minimum absolute atomic E-state index is 0.0220. The SMILES string of the molecule is CCCN(Cc1csc(COc2cccc(C)c2)n1)C(=O)c1cccc(Br)c1. The van der Waals surface area contributed by atoms with Gasteiger partial charge in [0.15, 0.2) is 0 Å². The van der Waals surface area contributed by atoms with Crippen molar-refractivity contribution >= 4 is 33.2 Å². The average Bonchev–Trinajstić information content (AvgIpc) is 3.13. The molecule has 0 bridgehead atoms. The maximum Gasteiger partial charge on any atom is 0.254 e. The first-order valence-electron chi connectivity index (χ1n) is 9.22. The number of hydrogen-bond acceptors (Lipinski definition) is 4. The van der Waals surface area contributed by atoms with Crippen LogP contribution in [0.3, 0.4) is 0 Å². The van der Waals surface area contributed by atoms with Crippen molar-refractivity contribution in [2.45, 2.75) is 33.4 Å². The lowest BCUT2D eigenvalue weighted by Gasteiger charge is -2.21. The molecule has 0 aliphatic heterocycles. The van der Waals surface area contributed by atoms with E-state index in [2.05, 4.69) is 27.8 Å². The summed E-state index contributed by atoms with van der Waals surface area (Å²) in [6.45, 7) is 5.74. The molecular weight excluding hydrogens is 436 g/mol. The van der Waals surface area contributed by atoms with E-state index in [1.807, 2.05) is 65.7 Å². The van der Waals surface area contributed by atoms with Crippen molar-refractivity contribution in [3.05, 3.63) is 80.2 Å². The van der Waals surface area contributed by atoms with Crippen LogP contribution in [-0.4, -0.2) is 22.3 Å². The fourth-order valence-electron chi connectivity index (χ4n) is 2.86. The van der Waals surface area contributed by atoms with Gasteiger partial charge in [0.25, 0.3) is 5.91 Å². The van der Waals surface area contributed by atoms with Crippen LogP contribution in [0.4, 0.5) is 0 Å². The highest BCUT2D eigenvalue weighted by Crippen LogP contribution is 2.19. The summed E-state index contributed by atoms with van der Waals surface area (Å²) < 4.78 is 6.73. The molecular formula is C22H23BrN2O2S. The third-order valence-electron chi connectivity index (χ3n) is 4.16. The third-order valence-corrected chi connectivity index (χ3v) is 5.52. The van der Waals surface area contributed by atoms with Gasteiger partial charge in [-0.2, -0.15) is 0 Å². The number of carbonyl (C=O) groups excluding carboxylic acids is 1. The summed E-state index contributed by atoms with van der Waals surface area (Å²) >= 11 is 5.00. The van der Waals surface area contributed by atoms with Gasteiger partial charge in [0, 0.05) is 22.0 Å². The molecule has 0 aliphatic rings. The summed E-state index contributed by atoms with van der Waals surface area (Å²) in [5.41, 5.74) is 2.74. The normalized spacial score (nSPS) is 10.7. The first-order chi connectivity index (χ1) is 13.5. The van der Waals surface area contributed by atoms with Crippen molar-refractivity contribution in [2.24, 2.45) is 0 Å². The predicted octanol–water partition coefficient (Wildman–Crippen LogP) is 5.85. The van der Waals surface area contributed by atoms with Crippen molar-refractivity contribution in [1.29, 1.82) is 0 Å². The second-order valence-electron chi connectivity index (χ2n) is 6.57. The summed E-state index contributed by atoms with van der Waals surface area (Å²) in [5, 5.41) is 2.91. The molecule has 0 N–H and O–H groups in total. The summed E-state index contributed by atoms with van der Waals surface area (Å²) in [7, 11) is 0. The molecule has 3 aromatic rings. The highest BCUT2D eigenvalue weighted by molar-refractivity contribution is 9.10. The van der Waals surface area contributed by atoms with Crippen LogP contribution in [0.1, 0.15) is 40.0 Å². The Bertz CT molecular complexity index is 942. The van der Waals surface area contributed by atoms with Gasteiger partial charge in [-0.15, -0.1) is 11.3 Å². The predicted molar refractivity (Wildman–Crippen MR) is 117 cm³/mol. The molecule has 0 unspecified atom stereocenters. The first-order valence-corrected chi connectivity index (χ1v) is 10.9. The number of aryl methyl sites for hydroxylation is 1. The Morgan fingerprint density at radius 1 is 1.21 bits per heavy atom. The molecule has 6 heteroatoms. The lowest BCUT2D eigenvalue weighted by atomic mass is 10.2. The zero-order valence-electron chi connectivity index (χ0n) is 16.0. The van der Waals surface area contributed by atoms with E-state index in [0.29, 0.717) is 25.3 Å². The molecule has 0 saturated carbocycles. The van der Waals surface area contributed by atoms with Gasteiger partial charge in [0.2, 0.25) is 0 Å². The molecule has 0 aliphatic carbocycles. The minimum atomic E-state index is 0.0220. The van der Waals surface area contributed by atoms with E-state index in [0.717, 1.165) is 27.3 Å². The molecule has 28 heavy (non-hydrogen) atoms. The Hall–Kier alpha value is -2.18. The summed E-state index contributed by atoms with van der Waals surface area (Å²) in [4.78, 5) is 19.4. The molecule has 1 heterocycles. The van der Waals surface area contributed by atoms with Crippen LogP contribution in [0.2, 0.25) is 0 Å². The van der Waals surface area contributed by atoms with E-state index in [9.17, 15) is 4.79 Å². The second-order valence-corrected chi connectivity index (χ2v) is 8.43. The third kappa shape index (κ3) is 5.66. The fourth-order valence-corrected chi connectivity index (χ4v) is 3.96. The zero-order valence-corrected chi connectivity index (χ0v) is 18.4. The number of aromatic nitrogens is 1. The topological polar surface area (TPSA) is 42.4 Å². The van der Waals surface area contributed by atoms with E-state index in [-0.39, 0.29) is 5.91 Å². The zero-order chi connectivity index (χ0) is 19.9. The molecule has 146 valence electrons. The Labute approximate surface area is 178 Å². The average molecular weight is 459 g/mol. The van der Waals surface area contributed by atoms with E-state index in [1.54, 1.807) is 11.3 Å². The van der Waals surface area contributed by atoms with Gasteiger partial charge >= 0.3 is 0 Å². The smallest absolute Gasteiger partial charge is 0.254 e. The van der Waals surface area contributed by atoms with Crippen molar-refractivity contribution in [2.75, 3.05) is 6.54 Å². The van der Waals surface area contributed by atoms with Gasteiger partial charge in [-0.3, -0.25) is 4.79 Å². The number of amides is 1. The van der Waals surface area contributed by atoms with Gasteiger partial charge in [-0.05, 0) is 49.2 Å². The first kappa shape index (κ1) is 20.6. The summed E-state index contributed by atoms with van der Waals surface area (Å²) in [6, 6.07) is 15.5. The molecule has 0 spiro atoms. The maximum absolute atomic E-state index is 12.9. The molecule has 1 aromatic heterocycles. The van der Waals surface area contributed by atoms with Gasteiger partial charge < -0.3 is 9.64 Å². The molecule has 3 rings (SSSR count). The van der Waals surface area contributed by atoms with Crippen molar-refractivity contribution in [1.82, 2.24) is 9.88 Å². The van der Waals surface area contributed by atoms with E-state index < -0.39 is 0 Å².